The third kappa shape index (κ3) is 8.31. The lowest BCUT2D eigenvalue weighted by Crippen LogP contribution is -2.45. The Morgan fingerprint density at radius 3 is 1.44 bits per heavy atom. The van der Waals surface area contributed by atoms with Gasteiger partial charge in [0.2, 0.25) is 0 Å². The van der Waals surface area contributed by atoms with Gasteiger partial charge in [-0.1, -0.05) is 97.1 Å². The van der Waals surface area contributed by atoms with Gasteiger partial charge in [-0.3, -0.25) is 25.5 Å². The second-order valence-electron chi connectivity index (χ2n) is 11.7. The highest BCUT2D eigenvalue weighted by Crippen LogP contribution is 2.41. The molecule has 0 heterocycles. The second kappa shape index (κ2) is 15.9. The number of nitrogens with one attached hydrogen (secondary N) is 1. The number of benzene rings is 5. The van der Waals surface area contributed by atoms with Crippen molar-refractivity contribution >= 4 is 11.4 Å². The molecule has 48 heavy (non-hydrogen) atoms. The van der Waals surface area contributed by atoms with Crippen molar-refractivity contribution in [3.8, 4) is 5.75 Å². The van der Waals surface area contributed by atoms with E-state index >= 15 is 0 Å². The summed E-state index contributed by atoms with van der Waals surface area (Å²) < 4.78 is 12.7. The van der Waals surface area contributed by atoms with Gasteiger partial charge in [0.15, 0.2) is 0 Å². The molecule has 0 aliphatic carbocycles. The molecule has 0 saturated heterocycles. The zero-order valence-electron chi connectivity index (χ0n) is 27.0. The van der Waals surface area contributed by atoms with Crippen molar-refractivity contribution in [3.63, 3.8) is 0 Å². The van der Waals surface area contributed by atoms with Crippen molar-refractivity contribution in [3.05, 3.63) is 182 Å². The first-order chi connectivity index (χ1) is 23.3. The van der Waals surface area contributed by atoms with Crippen LogP contribution in [0.25, 0.3) is 0 Å². The van der Waals surface area contributed by atoms with Crippen molar-refractivity contribution in [2.75, 3.05) is 7.11 Å². The minimum atomic E-state index is -0.956. The number of non-ortho nitro benzene ring substituents is 2. The van der Waals surface area contributed by atoms with E-state index < -0.39 is 21.7 Å². The van der Waals surface area contributed by atoms with Crippen molar-refractivity contribution in [1.82, 2.24) is 5.32 Å². The maximum absolute atomic E-state index is 11.2. The third-order valence-corrected chi connectivity index (χ3v) is 8.54. The van der Waals surface area contributed by atoms with Gasteiger partial charge < -0.3 is 9.47 Å². The normalized spacial score (nSPS) is 12.1. The first-order valence-corrected chi connectivity index (χ1v) is 15.9. The van der Waals surface area contributed by atoms with E-state index in [0.717, 1.165) is 46.4 Å². The molecule has 0 spiro atoms. The molecular formula is C39H39N3O6. The van der Waals surface area contributed by atoms with E-state index in [9.17, 15) is 20.2 Å². The molecule has 0 fully saturated rings. The number of aryl methyl sites for hydroxylation is 2. The van der Waals surface area contributed by atoms with Crippen LogP contribution in [0.4, 0.5) is 11.4 Å². The van der Waals surface area contributed by atoms with Gasteiger partial charge in [-0.2, -0.15) is 0 Å². The summed E-state index contributed by atoms with van der Waals surface area (Å²) in [4.78, 5) is 21.5. The van der Waals surface area contributed by atoms with Gasteiger partial charge in [0.05, 0.1) is 17.0 Å². The summed E-state index contributed by atoms with van der Waals surface area (Å²) in [5.41, 5.74) is 4.06. The summed E-state index contributed by atoms with van der Waals surface area (Å²) in [6, 6.07) is 41.6. The smallest absolute Gasteiger partial charge is 0.269 e. The van der Waals surface area contributed by atoms with Gasteiger partial charge in [0.25, 0.3) is 11.4 Å². The number of methoxy groups -OCH3 is 1. The van der Waals surface area contributed by atoms with Crippen LogP contribution in [0, 0.1) is 20.2 Å². The van der Waals surface area contributed by atoms with Gasteiger partial charge in [-0.15, -0.1) is 0 Å². The highest BCUT2D eigenvalue weighted by molar-refractivity contribution is 5.48. The fourth-order valence-corrected chi connectivity index (χ4v) is 6.07. The quantitative estimate of drug-likeness (QED) is 0.0496. The van der Waals surface area contributed by atoms with Crippen LogP contribution in [0.1, 0.15) is 47.6 Å². The van der Waals surface area contributed by atoms with E-state index in [1.165, 1.54) is 24.3 Å². The van der Waals surface area contributed by atoms with Gasteiger partial charge in [-0.25, -0.2) is 0 Å². The summed E-state index contributed by atoms with van der Waals surface area (Å²) in [6.07, 6.45) is 2.45. The first-order valence-electron chi connectivity index (χ1n) is 15.9. The van der Waals surface area contributed by atoms with Crippen molar-refractivity contribution in [2.45, 2.75) is 50.5 Å². The molecule has 1 atom stereocenters. The molecular weight excluding hydrogens is 606 g/mol. The van der Waals surface area contributed by atoms with Crippen LogP contribution in [-0.2, 0) is 23.2 Å². The molecule has 0 aromatic heterocycles. The molecule has 9 nitrogen and oxygen atoms in total. The van der Waals surface area contributed by atoms with Crippen LogP contribution in [0.2, 0.25) is 0 Å². The van der Waals surface area contributed by atoms with E-state index in [1.54, 1.807) is 31.4 Å². The van der Waals surface area contributed by atoms with Gasteiger partial charge in [0, 0.05) is 30.3 Å². The third-order valence-electron chi connectivity index (χ3n) is 8.54. The average molecular weight is 646 g/mol. The SMILES string of the molecule is COc1ccc(C(OC(C)NC(CCc2ccc([N+](=O)[O-])cc2)CCc2ccc([N+](=O)[O-])cc2)(c2ccccc2)c2ccccc2)cc1. The highest BCUT2D eigenvalue weighted by Gasteiger charge is 2.39. The average Bonchev–Trinajstić information content (AvgIpc) is 3.13. The van der Waals surface area contributed by atoms with Gasteiger partial charge >= 0.3 is 0 Å². The molecule has 0 aliphatic heterocycles. The van der Waals surface area contributed by atoms with Crippen LogP contribution < -0.4 is 10.1 Å². The molecule has 0 aliphatic rings. The molecule has 0 radical (unpaired) electrons. The molecule has 5 aromatic rings. The Bertz CT molecular complexity index is 1660. The molecule has 1 N–H and O–H groups in total. The standard InChI is InChI=1S/C39H39N3O6/c1-29(48-39(32-9-5-3-6-10-32,33-11-7-4-8-12-33)34-19-27-38(47-2)28-20-34)40-35(21-13-30-15-23-36(24-16-30)41(43)44)22-14-31-17-25-37(26-18-31)42(45)46/h3-12,15-20,23-29,35,40H,13-14,21-22H2,1-2H3. The Hall–Kier alpha value is -5.38. The van der Waals surface area contributed by atoms with Gasteiger partial charge in [0.1, 0.15) is 17.6 Å². The second-order valence-corrected chi connectivity index (χ2v) is 11.7. The largest absolute Gasteiger partial charge is 0.497 e. The van der Waals surface area contributed by atoms with E-state index in [-0.39, 0.29) is 17.4 Å². The summed E-state index contributed by atoms with van der Waals surface area (Å²) in [7, 11) is 1.65. The van der Waals surface area contributed by atoms with Crippen molar-refractivity contribution in [1.29, 1.82) is 0 Å². The van der Waals surface area contributed by atoms with E-state index in [4.69, 9.17) is 9.47 Å². The fraction of sp³-hybridized carbons (Fsp3) is 0.231. The Kier molecular flexibility index (Phi) is 11.3. The van der Waals surface area contributed by atoms with Crippen molar-refractivity contribution < 1.29 is 19.3 Å². The zero-order chi connectivity index (χ0) is 33.9. The number of nitro groups is 2. The Balaban J connectivity index is 1.44. The summed E-state index contributed by atoms with van der Waals surface area (Å²) in [5, 5.41) is 26.1. The number of rotatable bonds is 16. The summed E-state index contributed by atoms with van der Waals surface area (Å²) in [5.74, 6) is 0.748. The number of nitrogens with zero attached hydrogens (tertiary/aromatic N) is 2. The number of ether oxygens (including phenoxy) is 2. The predicted octanol–water partition coefficient (Wildman–Crippen LogP) is 8.39. The van der Waals surface area contributed by atoms with Crippen molar-refractivity contribution in [2.24, 2.45) is 0 Å². The molecule has 9 heteroatoms. The lowest BCUT2D eigenvalue weighted by atomic mass is 9.80. The van der Waals surface area contributed by atoms with E-state index in [1.807, 2.05) is 67.6 Å². The molecule has 0 saturated carbocycles. The molecule has 5 aromatic carbocycles. The van der Waals surface area contributed by atoms with Crippen LogP contribution in [0.15, 0.2) is 133 Å². The monoisotopic (exact) mass is 645 g/mol. The predicted molar refractivity (Wildman–Crippen MR) is 186 cm³/mol. The lowest BCUT2D eigenvalue weighted by Gasteiger charge is -2.39. The molecule has 1 unspecified atom stereocenters. The first kappa shape index (κ1) is 34.0. The summed E-state index contributed by atoms with van der Waals surface area (Å²) in [6.45, 7) is 2.01. The minimum Gasteiger partial charge on any atom is -0.497 e. The van der Waals surface area contributed by atoms with Crippen LogP contribution >= 0.6 is 0 Å². The van der Waals surface area contributed by atoms with Gasteiger partial charge in [-0.05, 0) is 72.6 Å². The number of hydrogen-bond donors (Lipinski definition) is 1. The molecule has 5 rings (SSSR count). The topological polar surface area (TPSA) is 117 Å². The van der Waals surface area contributed by atoms with E-state index in [0.29, 0.717) is 12.8 Å². The molecule has 246 valence electrons. The Morgan fingerprint density at radius 1 is 0.625 bits per heavy atom. The maximum atomic E-state index is 11.2. The van der Waals surface area contributed by atoms with Crippen LogP contribution in [0.5, 0.6) is 5.75 Å². The molecule has 0 amide bonds. The summed E-state index contributed by atoms with van der Waals surface area (Å²) >= 11 is 0. The highest BCUT2D eigenvalue weighted by atomic mass is 16.6. The van der Waals surface area contributed by atoms with E-state index in [2.05, 4.69) is 29.6 Å². The lowest BCUT2D eigenvalue weighted by molar-refractivity contribution is -0.385. The molecule has 0 bridgehead atoms. The zero-order valence-corrected chi connectivity index (χ0v) is 27.0. The minimum absolute atomic E-state index is 0.00880. The Labute approximate surface area is 280 Å². The Morgan fingerprint density at radius 2 is 1.04 bits per heavy atom. The fourth-order valence-electron chi connectivity index (χ4n) is 6.07. The van der Waals surface area contributed by atoms with Crippen LogP contribution in [-0.4, -0.2) is 29.2 Å². The number of hydrogen-bond acceptors (Lipinski definition) is 7. The maximum Gasteiger partial charge on any atom is 0.269 e. The number of nitro benzene ring substituents is 2. The van der Waals surface area contributed by atoms with Crippen LogP contribution in [0.3, 0.4) is 0 Å².